The van der Waals surface area contributed by atoms with E-state index in [2.05, 4.69) is 18.7 Å². The van der Waals surface area contributed by atoms with E-state index in [0.29, 0.717) is 5.92 Å². The second-order valence-electron chi connectivity index (χ2n) is 4.38. The number of nitrogens with zero attached hydrogens (tertiary/aromatic N) is 1. The van der Waals surface area contributed by atoms with Crippen LogP contribution >= 0.6 is 0 Å². The minimum Gasteiger partial charge on any atom is -0.469 e. The molecule has 1 saturated heterocycles. The van der Waals surface area contributed by atoms with Gasteiger partial charge in [-0.25, -0.2) is 0 Å². The topological polar surface area (TPSA) is 29.5 Å². The minimum absolute atomic E-state index is 0.0399. The van der Waals surface area contributed by atoms with E-state index in [0.717, 1.165) is 19.6 Å². The van der Waals surface area contributed by atoms with Crippen LogP contribution in [0.2, 0.25) is 0 Å². The van der Waals surface area contributed by atoms with Gasteiger partial charge in [-0.1, -0.05) is 13.8 Å². The first kappa shape index (κ1) is 11.5. The molecule has 1 atom stereocenters. The van der Waals surface area contributed by atoms with Crippen molar-refractivity contribution in [2.75, 3.05) is 26.7 Å². The maximum atomic E-state index is 11.5. The highest BCUT2D eigenvalue weighted by Crippen LogP contribution is 2.17. The number of esters is 1. The van der Waals surface area contributed by atoms with Crippen LogP contribution in [0.15, 0.2) is 0 Å². The SMILES string of the molecule is COC(=O)C(CN1CCCC1)C(C)C. The molecule has 3 heteroatoms. The molecule has 0 aromatic rings. The molecule has 1 aliphatic rings. The van der Waals surface area contributed by atoms with Crippen molar-refractivity contribution in [2.24, 2.45) is 11.8 Å². The van der Waals surface area contributed by atoms with E-state index in [-0.39, 0.29) is 11.9 Å². The standard InChI is InChI=1S/C11H21NO2/c1-9(2)10(11(13)14-3)8-12-6-4-5-7-12/h9-10H,4-8H2,1-3H3. The average Bonchev–Trinajstić information content (AvgIpc) is 2.65. The predicted molar refractivity (Wildman–Crippen MR) is 56.0 cm³/mol. The fourth-order valence-electron chi connectivity index (χ4n) is 1.95. The van der Waals surface area contributed by atoms with Crippen molar-refractivity contribution in [3.63, 3.8) is 0 Å². The van der Waals surface area contributed by atoms with Gasteiger partial charge < -0.3 is 9.64 Å². The molecule has 82 valence electrons. The Kier molecular flexibility index (Phi) is 4.39. The Hall–Kier alpha value is -0.570. The number of hydrogen-bond acceptors (Lipinski definition) is 3. The molecule has 0 spiro atoms. The highest BCUT2D eigenvalue weighted by molar-refractivity contribution is 5.72. The third-order valence-electron chi connectivity index (χ3n) is 2.96. The van der Waals surface area contributed by atoms with Gasteiger partial charge in [0.25, 0.3) is 0 Å². The van der Waals surface area contributed by atoms with Crippen LogP contribution in [0.1, 0.15) is 26.7 Å². The Bertz CT molecular complexity index is 186. The summed E-state index contributed by atoms with van der Waals surface area (Å²) in [5.74, 6) is 0.341. The lowest BCUT2D eigenvalue weighted by Gasteiger charge is -2.24. The summed E-state index contributed by atoms with van der Waals surface area (Å²) in [6.45, 7) is 7.31. The summed E-state index contributed by atoms with van der Waals surface area (Å²) in [6.07, 6.45) is 2.54. The lowest BCUT2D eigenvalue weighted by atomic mass is 9.95. The molecule has 0 bridgehead atoms. The maximum absolute atomic E-state index is 11.5. The van der Waals surface area contributed by atoms with Crippen LogP contribution in [-0.4, -0.2) is 37.6 Å². The summed E-state index contributed by atoms with van der Waals surface area (Å²) in [5.41, 5.74) is 0. The van der Waals surface area contributed by atoms with E-state index in [1.807, 2.05) is 0 Å². The normalized spacial score (nSPS) is 20.0. The first-order valence-electron chi connectivity index (χ1n) is 5.45. The second kappa shape index (κ2) is 5.35. The third kappa shape index (κ3) is 2.98. The summed E-state index contributed by atoms with van der Waals surface area (Å²) in [7, 11) is 1.47. The highest BCUT2D eigenvalue weighted by atomic mass is 16.5. The van der Waals surface area contributed by atoms with E-state index >= 15 is 0 Å². The van der Waals surface area contributed by atoms with Gasteiger partial charge in [-0.2, -0.15) is 0 Å². The molecular formula is C11H21NO2. The van der Waals surface area contributed by atoms with Crippen molar-refractivity contribution in [1.29, 1.82) is 0 Å². The number of ether oxygens (including phenoxy) is 1. The Morgan fingerprint density at radius 2 is 1.93 bits per heavy atom. The van der Waals surface area contributed by atoms with E-state index in [9.17, 15) is 4.79 Å². The zero-order valence-electron chi connectivity index (χ0n) is 9.45. The molecule has 0 amide bonds. The highest BCUT2D eigenvalue weighted by Gasteiger charge is 2.26. The summed E-state index contributed by atoms with van der Waals surface area (Å²) in [6, 6.07) is 0. The van der Waals surface area contributed by atoms with Crippen LogP contribution in [0.25, 0.3) is 0 Å². The summed E-state index contributed by atoms with van der Waals surface area (Å²) in [5, 5.41) is 0. The molecule has 0 aromatic heterocycles. The van der Waals surface area contributed by atoms with Crippen molar-refractivity contribution < 1.29 is 9.53 Å². The van der Waals surface area contributed by atoms with Crippen molar-refractivity contribution in [1.82, 2.24) is 4.90 Å². The molecule has 14 heavy (non-hydrogen) atoms. The molecular weight excluding hydrogens is 178 g/mol. The summed E-state index contributed by atoms with van der Waals surface area (Å²) < 4.78 is 4.82. The molecule has 1 unspecified atom stereocenters. The Balaban J connectivity index is 2.45. The number of carbonyl (C=O) groups excluding carboxylic acids is 1. The van der Waals surface area contributed by atoms with Gasteiger partial charge in [0.2, 0.25) is 0 Å². The van der Waals surface area contributed by atoms with E-state index in [1.165, 1.54) is 20.0 Å². The maximum Gasteiger partial charge on any atom is 0.310 e. The lowest BCUT2D eigenvalue weighted by Crippen LogP contribution is -2.34. The quantitative estimate of drug-likeness (QED) is 0.643. The minimum atomic E-state index is -0.0631. The van der Waals surface area contributed by atoms with E-state index < -0.39 is 0 Å². The second-order valence-corrected chi connectivity index (χ2v) is 4.38. The fourth-order valence-corrected chi connectivity index (χ4v) is 1.95. The molecule has 1 rings (SSSR count). The van der Waals surface area contributed by atoms with Crippen molar-refractivity contribution >= 4 is 5.97 Å². The van der Waals surface area contributed by atoms with Gasteiger partial charge in [-0.15, -0.1) is 0 Å². The van der Waals surface area contributed by atoms with Gasteiger partial charge in [-0.3, -0.25) is 4.79 Å². The zero-order valence-corrected chi connectivity index (χ0v) is 9.45. The van der Waals surface area contributed by atoms with Crippen LogP contribution in [0.5, 0.6) is 0 Å². The van der Waals surface area contributed by atoms with Crippen LogP contribution < -0.4 is 0 Å². The van der Waals surface area contributed by atoms with Gasteiger partial charge in [0.05, 0.1) is 13.0 Å². The van der Waals surface area contributed by atoms with Crippen molar-refractivity contribution in [2.45, 2.75) is 26.7 Å². The van der Waals surface area contributed by atoms with Crippen molar-refractivity contribution in [3.8, 4) is 0 Å². The van der Waals surface area contributed by atoms with Gasteiger partial charge in [0.15, 0.2) is 0 Å². The van der Waals surface area contributed by atoms with E-state index in [4.69, 9.17) is 4.74 Å². The third-order valence-corrected chi connectivity index (χ3v) is 2.96. The monoisotopic (exact) mass is 199 g/mol. The number of hydrogen-bond donors (Lipinski definition) is 0. The lowest BCUT2D eigenvalue weighted by molar-refractivity contribution is -0.147. The molecule has 1 aliphatic heterocycles. The largest absolute Gasteiger partial charge is 0.469 e. The molecule has 0 saturated carbocycles. The van der Waals surface area contributed by atoms with Crippen LogP contribution in [-0.2, 0) is 9.53 Å². The first-order valence-corrected chi connectivity index (χ1v) is 5.45. The molecule has 0 aromatic carbocycles. The Morgan fingerprint density at radius 3 is 2.36 bits per heavy atom. The van der Waals surface area contributed by atoms with Gasteiger partial charge >= 0.3 is 5.97 Å². The molecule has 0 N–H and O–H groups in total. The molecule has 0 radical (unpaired) electrons. The smallest absolute Gasteiger partial charge is 0.310 e. The molecule has 3 nitrogen and oxygen atoms in total. The zero-order chi connectivity index (χ0) is 10.6. The van der Waals surface area contributed by atoms with Gasteiger partial charge in [0.1, 0.15) is 0 Å². The summed E-state index contributed by atoms with van der Waals surface area (Å²) >= 11 is 0. The van der Waals surface area contributed by atoms with Crippen LogP contribution in [0.4, 0.5) is 0 Å². The number of carbonyl (C=O) groups is 1. The number of rotatable bonds is 4. The summed E-state index contributed by atoms with van der Waals surface area (Å²) in [4.78, 5) is 13.9. The Labute approximate surface area is 86.4 Å². The fraction of sp³-hybridized carbons (Fsp3) is 0.909. The van der Waals surface area contributed by atoms with Gasteiger partial charge in [-0.05, 0) is 31.8 Å². The number of methoxy groups -OCH3 is 1. The molecule has 0 aliphatic carbocycles. The van der Waals surface area contributed by atoms with Crippen molar-refractivity contribution in [3.05, 3.63) is 0 Å². The Morgan fingerprint density at radius 1 is 1.36 bits per heavy atom. The predicted octanol–water partition coefficient (Wildman–Crippen LogP) is 1.53. The first-order chi connectivity index (χ1) is 6.65. The number of likely N-dealkylation sites (tertiary alicyclic amines) is 1. The molecule has 1 heterocycles. The van der Waals surface area contributed by atoms with Crippen LogP contribution in [0.3, 0.4) is 0 Å². The van der Waals surface area contributed by atoms with Gasteiger partial charge in [0, 0.05) is 6.54 Å². The molecule has 1 fully saturated rings. The average molecular weight is 199 g/mol. The van der Waals surface area contributed by atoms with Crippen LogP contribution in [0, 0.1) is 11.8 Å². The van der Waals surface area contributed by atoms with E-state index in [1.54, 1.807) is 0 Å².